The Kier molecular flexibility index (Phi) is 5.16. The Balaban J connectivity index is 2.97. The third kappa shape index (κ3) is 3.47. The molecule has 4 nitrogen and oxygen atoms in total. The molecule has 0 heterocycles. The van der Waals surface area contributed by atoms with Gasteiger partial charge >= 0.3 is 5.97 Å². The Morgan fingerprint density at radius 1 is 1.39 bits per heavy atom. The number of carbonyl (C=O) groups is 1. The van der Waals surface area contributed by atoms with Crippen LogP contribution in [0.15, 0.2) is 12.1 Å². The summed E-state index contributed by atoms with van der Waals surface area (Å²) in [6.07, 6.45) is 0.160. The summed E-state index contributed by atoms with van der Waals surface area (Å²) in [5, 5.41) is 0. The summed E-state index contributed by atoms with van der Waals surface area (Å²) >= 11 is 0. The lowest BCUT2D eigenvalue weighted by Crippen LogP contribution is -2.18. The average molecular weight is 251 g/mol. The second-order valence-electron chi connectivity index (χ2n) is 4.32. The second-order valence-corrected chi connectivity index (χ2v) is 4.32. The number of carbonyl (C=O) groups excluding carboxylic acids is 1. The molecule has 0 spiro atoms. The minimum Gasteiger partial charge on any atom is -0.496 e. The molecule has 1 aromatic rings. The van der Waals surface area contributed by atoms with Crippen molar-refractivity contribution in [2.45, 2.75) is 33.2 Å². The van der Waals surface area contributed by atoms with E-state index in [1.807, 2.05) is 26.0 Å². The monoisotopic (exact) mass is 251 g/mol. The van der Waals surface area contributed by atoms with Crippen LogP contribution in [-0.4, -0.2) is 19.7 Å². The van der Waals surface area contributed by atoms with E-state index in [4.69, 9.17) is 15.2 Å². The number of rotatable bonds is 5. The number of aryl methyl sites for hydroxylation is 2. The summed E-state index contributed by atoms with van der Waals surface area (Å²) in [6.45, 7) is 6.11. The zero-order valence-electron chi connectivity index (χ0n) is 11.4. The van der Waals surface area contributed by atoms with Gasteiger partial charge in [0.1, 0.15) is 5.75 Å². The Morgan fingerprint density at radius 3 is 2.61 bits per heavy atom. The van der Waals surface area contributed by atoms with Gasteiger partial charge in [0, 0.05) is 11.6 Å². The predicted octanol–water partition coefficient (Wildman–Crippen LogP) is 2.27. The van der Waals surface area contributed by atoms with Gasteiger partial charge < -0.3 is 15.2 Å². The third-order valence-electron chi connectivity index (χ3n) is 2.74. The highest BCUT2D eigenvalue weighted by atomic mass is 16.5. The molecule has 0 aliphatic carbocycles. The van der Waals surface area contributed by atoms with Gasteiger partial charge in [-0.2, -0.15) is 0 Å². The molecule has 0 aliphatic heterocycles. The molecule has 1 aromatic carbocycles. The first kappa shape index (κ1) is 14.5. The van der Waals surface area contributed by atoms with Gasteiger partial charge in [0.15, 0.2) is 0 Å². The molecule has 0 bridgehead atoms. The molecule has 0 aliphatic rings. The maximum absolute atomic E-state index is 11.5. The minimum atomic E-state index is -0.405. The van der Waals surface area contributed by atoms with Crippen LogP contribution in [0.3, 0.4) is 0 Å². The summed E-state index contributed by atoms with van der Waals surface area (Å²) < 4.78 is 10.3. The van der Waals surface area contributed by atoms with Crippen LogP contribution in [0.5, 0.6) is 5.75 Å². The van der Waals surface area contributed by atoms with Crippen molar-refractivity contribution in [3.8, 4) is 5.75 Å². The standard InChI is InChI=1S/C14H21NO3/c1-5-18-13(16)8-12(15)11-7-9(2)6-10(3)14(11)17-4/h6-7,12H,5,8,15H2,1-4H3. The highest BCUT2D eigenvalue weighted by Crippen LogP contribution is 2.30. The maximum atomic E-state index is 11.5. The highest BCUT2D eigenvalue weighted by Gasteiger charge is 2.18. The van der Waals surface area contributed by atoms with Crippen molar-refractivity contribution in [3.63, 3.8) is 0 Å². The summed E-state index contributed by atoms with van der Waals surface area (Å²) in [5.74, 6) is 0.462. The number of hydrogen-bond acceptors (Lipinski definition) is 4. The van der Waals surface area contributed by atoms with E-state index in [1.54, 1.807) is 14.0 Å². The van der Waals surface area contributed by atoms with E-state index >= 15 is 0 Å². The molecule has 0 radical (unpaired) electrons. The smallest absolute Gasteiger partial charge is 0.307 e. The summed E-state index contributed by atoms with van der Waals surface area (Å²) in [5.41, 5.74) is 9.03. The lowest BCUT2D eigenvalue weighted by Gasteiger charge is -2.17. The van der Waals surface area contributed by atoms with Crippen molar-refractivity contribution in [1.82, 2.24) is 0 Å². The van der Waals surface area contributed by atoms with Gasteiger partial charge in [0.05, 0.1) is 20.1 Å². The number of methoxy groups -OCH3 is 1. The SMILES string of the molecule is CCOC(=O)CC(N)c1cc(C)cc(C)c1OC. The predicted molar refractivity (Wildman–Crippen MR) is 70.6 cm³/mol. The number of esters is 1. The lowest BCUT2D eigenvalue weighted by molar-refractivity contribution is -0.143. The largest absolute Gasteiger partial charge is 0.496 e. The van der Waals surface area contributed by atoms with Crippen molar-refractivity contribution in [1.29, 1.82) is 0 Å². The molecule has 1 rings (SSSR count). The molecular weight excluding hydrogens is 230 g/mol. The molecule has 1 atom stereocenters. The summed E-state index contributed by atoms with van der Waals surface area (Å²) in [6, 6.07) is 3.58. The molecule has 2 N–H and O–H groups in total. The first-order valence-corrected chi connectivity index (χ1v) is 6.05. The number of ether oxygens (including phenoxy) is 2. The van der Waals surface area contributed by atoms with Crippen molar-refractivity contribution in [2.75, 3.05) is 13.7 Å². The van der Waals surface area contributed by atoms with Crippen LogP contribution in [0, 0.1) is 13.8 Å². The fourth-order valence-electron chi connectivity index (χ4n) is 2.05. The Morgan fingerprint density at radius 2 is 2.06 bits per heavy atom. The van der Waals surface area contributed by atoms with Crippen LogP contribution >= 0.6 is 0 Å². The fraction of sp³-hybridized carbons (Fsp3) is 0.500. The van der Waals surface area contributed by atoms with Crippen LogP contribution in [0.25, 0.3) is 0 Å². The summed E-state index contributed by atoms with van der Waals surface area (Å²) in [7, 11) is 1.61. The normalized spacial score (nSPS) is 12.1. The van der Waals surface area contributed by atoms with E-state index in [0.717, 1.165) is 22.4 Å². The first-order chi connectivity index (χ1) is 8.49. The Labute approximate surface area is 108 Å². The van der Waals surface area contributed by atoms with Crippen LogP contribution < -0.4 is 10.5 Å². The summed E-state index contributed by atoms with van der Waals surface area (Å²) in [4.78, 5) is 11.5. The van der Waals surface area contributed by atoms with E-state index in [-0.39, 0.29) is 12.4 Å². The molecule has 18 heavy (non-hydrogen) atoms. The number of nitrogens with two attached hydrogens (primary N) is 1. The average Bonchev–Trinajstić information content (AvgIpc) is 2.28. The van der Waals surface area contributed by atoms with E-state index < -0.39 is 6.04 Å². The van der Waals surface area contributed by atoms with Crippen molar-refractivity contribution in [2.24, 2.45) is 5.73 Å². The number of benzene rings is 1. The molecule has 4 heteroatoms. The number of hydrogen-bond donors (Lipinski definition) is 1. The highest BCUT2D eigenvalue weighted by molar-refractivity contribution is 5.70. The van der Waals surface area contributed by atoms with E-state index in [0.29, 0.717) is 6.61 Å². The molecule has 0 saturated heterocycles. The fourth-order valence-corrected chi connectivity index (χ4v) is 2.05. The first-order valence-electron chi connectivity index (χ1n) is 6.05. The van der Waals surface area contributed by atoms with E-state index in [1.165, 1.54) is 0 Å². The molecule has 0 aromatic heterocycles. The van der Waals surface area contributed by atoms with Crippen LogP contribution in [-0.2, 0) is 9.53 Å². The lowest BCUT2D eigenvalue weighted by atomic mass is 9.98. The van der Waals surface area contributed by atoms with Gasteiger partial charge in [-0.3, -0.25) is 4.79 Å². The quantitative estimate of drug-likeness (QED) is 0.815. The van der Waals surface area contributed by atoms with Crippen LogP contribution in [0.2, 0.25) is 0 Å². The zero-order valence-corrected chi connectivity index (χ0v) is 11.4. The van der Waals surface area contributed by atoms with Crippen LogP contribution in [0.4, 0.5) is 0 Å². The minimum absolute atomic E-state index is 0.160. The zero-order chi connectivity index (χ0) is 13.7. The van der Waals surface area contributed by atoms with Gasteiger partial charge in [-0.15, -0.1) is 0 Å². The van der Waals surface area contributed by atoms with Gasteiger partial charge in [-0.05, 0) is 26.3 Å². The molecule has 0 fully saturated rings. The molecule has 100 valence electrons. The van der Waals surface area contributed by atoms with E-state index in [2.05, 4.69) is 0 Å². The second kappa shape index (κ2) is 6.40. The van der Waals surface area contributed by atoms with Gasteiger partial charge in [-0.25, -0.2) is 0 Å². The molecule has 0 amide bonds. The van der Waals surface area contributed by atoms with Crippen molar-refractivity contribution < 1.29 is 14.3 Å². The van der Waals surface area contributed by atoms with E-state index in [9.17, 15) is 4.79 Å². The maximum Gasteiger partial charge on any atom is 0.307 e. The topological polar surface area (TPSA) is 61.5 Å². The van der Waals surface area contributed by atoms with Gasteiger partial charge in [0.2, 0.25) is 0 Å². The van der Waals surface area contributed by atoms with Gasteiger partial charge in [-0.1, -0.05) is 17.7 Å². The van der Waals surface area contributed by atoms with Gasteiger partial charge in [0.25, 0.3) is 0 Å². The van der Waals surface area contributed by atoms with Crippen molar-refractivity contribution in [3.05, 3.63) is 28.8 Å². The van der Waals surface area contributed by atoms with Crippen LogP contribution in [0.1, 0.15) is 36.1 Å². The Bertz CT molecular complexity index is 429. The molecule has 0 saturated carbocycles. The Hall–Kier alpha value is -1.55. The third-order valence-corrected chi connectivity index (χ3v) is 2.74. The molecular formula is C14H21NO3. The van der Waals surface area contributed by atoms with Crippen molar-refractivity contribution >= 4 is 5.97 Å². The molecule has 1 unspecified atom stereocenters.